The first-order valence-corrected chi connectivity index (χ1v) is 10.4. The van der Waals surface area contributed by atoms with Crippen LogP contribution in [0.2, 0.25) is 0 Å². The molecule has 6 nitrogen and oxygen atoms in total. The summed E-state index contributed by atoms with van der Waals surface area (Å²) in [4.78, 5) is 14.5. The van der Waals surface area contributed by atoms with Crippen LogP contribution in [0.25, 0.3) is 0 Å². The van der Waals surface area contributed by atoms with E-state index >= 15 is 0 Å². The first-order valence-electron chi connectivity index (χ1n) is 8.96. The van der Waals surface area contributed by atoms with Crippen LogP contribution >= 0.6 is 0 Å². The maximum absolute atomic E-state index is 12.2. The molecule has 0 bridgehead atoms. The number of amides is 1. The van der Waals surface area contributed by atoms with E-state index in [0.717, 1.165) is 19.5 Å². The molecule has 0 saturated carbocycles. The summed E-state index contributed by atoms with van der Waals surface area (Å²) in [6, 6.07) is 16.0. The smallest absolute Gasteiger partial charge is 0.251 e. The lowest BCUT2D eigenvalue weighted by atomic mass is 10.2. The van der Waals surface area contributed by atoms with Gasteiger partial charge in [-0.2, -0.15) is 4.72 Å². The summed E-state index contributed by atoms with van der Waals surface area (Å²) in [5.41, 5.74) is 1.66. The Morgan fingerprint density at radius 2 is 1.79 bits per heavy atom. The SMILES string of the molecule is C#CCNS(=O)(=O)c1ccc(C(=O)NCCCN(C)Cc2ccccc2)cc1. The Kier molecular flexibility index (Phi) is 8.20. The second kappa shape index (κ2) is 10.6. The van der Waals surface area contributed by atoms with E-state index in [0.29, 0.717) is 12.1 Å². The summed E-state index contributed by atoms with van der Waals surface area (Å²) < 4.78 is 26.2. The van der Waals surface area contributed by atoms with Crippen LogP contribution in [0, 0.1) is 12.3 Å². The second-order valence-corrected chi connectivity index (χ2v) is 8.15. The number of nitrogens with zero attached hydrogens (tertiary/aromatic N) is 1. The molecule has 0 heterocycles. The summed E-state index contributed by atoms with van der Waals surface area (Å²) in [7, 11) is -1.61. The molecule has 0 aliphatic heterocycles. The number of nitrogens with one attached hydrogen (secondary N) is 2. The number of terminal acetylenes is 1. The number of benzene rings is 2. The van der Waals surface area contributed by atoms with Gasteiger partial charge in [0.25, 0.3) is 5.91 Å². The Morgan fingerprint density at radius 3 is 2.43 bits per heavy atom. The molecule has 2 aromatic rings. The van der Waals surface area contributed by atoms with Gasteiger partial charge in [-0.05, 0) is 49.8 Å². The fourth-order valence-corrected chi connectivity index (χ4v) is 3.57. The zero-order valence-corrected chi connectivity index (χ0v) is 16.7. The molecule has 0 aliphatic carbocycles. The highest BCUT2D eigenvalue weighted by Gasteiger charge is 2.14. The minimum atomic E-state index is -3.65. The van der Waals surface area contributed by atoms with E-state index in [2.05, 4.69) is 33.0 Å². The Hall–Kier alpha value is -2.66. The van der Waals surface area contributed by atoms with Crippen LogP contribution in [0.4, 0.5) is 0 Å². The Bertz CT molecular complexity index is 904. The first-order chi connectivity index (χ1) is 13.4. The van der Waals surface area contributed by atoms with Crippen molar-refractivity contribution in [2.45, 2.75) is 17.9 Å². The molecular weight excluding hydrogens is 374 g/mol. The number of hydrogen-bond acceptors (Lipinski definition) is 4. The summed E-state index contributed by atoms with van der Waals surface area (Å²) in [6.07, 6.45) is 5.88. The van der Waals surface area contributed by atoms with E-state index in [-0.39, 0.29) is 17.3 Å². The normalized spacial score (nSPS) is 11.2. The molecule has 2 rings (SSSR count). The molecule has 0 aromatic heterocycles. The molecule has 1 amide bonds. The van der Waals surface area contributed by atoms with Crippen molar-refractivity contribution in [3.8, 4) is 12.3 Å². The van der Waals surface area contributed by atoms with Crippen LogP contribution in [0.5, 0.6) is 0 Å². The van der Waals surface area contributed by atoms with Crippen molar-refractivity contribution in [3.05, 3.63) is 65.7 Å². The van der Waals surface area contributed by atoms with Crippen LogP contribution < -0.4 is 10.0 Å². The van der Waals surface area contributed by atoms with Gasteiger partial charge in [-0.15, -0.1) is 6.42 Å². The van der Waals surface area contributed by atoms with Gasteiger partial charge in [-0.1, -0.05) is 36.3 Å². The summed E-state index contributed by atoms with van der Waals surface area (Å²) in [5.74, 6) is 1.98. The second-order valence-electron chi connectivity index (χ2n) is 6.39. The van der Waals surface area contributed by atoms with E-state index in [1.54, 1.807) is 0 Å². The van der Waals surface area contributed by atoms with E-state index in [1.807, 2.05) is 25.2 Å². The lowest BCUT2D eigenvalue weighted by molar-refractivity contribution is 0.0952. The zero-order chi connectivity index (χ0) is 20.4. The van der Waals surface area contributed by atoms with Crippen molar-refractivity contribution in [2.24, 2.45) is 0 Å². The highest BCUT2D eigenvalue weighted by molar-refractivity contribution is 7.89. The molecule has 0 atom stereocenters. The van der Waals surface area contributed by atoms with Crippen molar-refractivity contribution >= 4 is 15.9 Å². The topological polar surface area (TPSA) is 78.5 Å². The van der Waals surface area contributed by atoms with E-state index in [4.69, 9.17) is 6.42 Å². The van der Waals surface area contributed by atoms with Crippen molar-refractivity contribution in [3.63, 3.8) is 0 Å². The minimum absolute atomic E-state index is 0.0711. The molecule has 28 heavy (non-hydrogen) atoms. The number of carbonyl (C=O) groups is 1. The van der Waals surface area contributed by atoms with Crippen LogP contribution in [0.3, 0.4) is 0 Å². The first kappa shape index (κ1) is 21.6. The summed E-state index contributed by atoms with van der Waals surface area (Å²) in [6.45, 7) is 2.18. The molecule has 0 fully saturated rings. The summed E-state index contributed by atoms with van der Waals surface area (Å²) in [5, 5.41) is 2.85. The van der Waals surface area contributed by atoms with Crippen molar-refractivity contribution < 1.29 is 13.2 Å². The van der Waals surface area contributed by atoms with Gasteiger partial charge in [-0.3, -0.25) is 4.79 Å². The van der Waals surface area contributed by atoms with Gasteiger partial charge in [0.15, 0.2) is 0 Å². The molecule has 7 heteroatoms. The molecule has 2 aromatic carbocycles. The lowest BCUT2D eigenvalue weighted by Crippen LogP contribution is -2.28. The third-order valence-corrected chi connectivity index (χ3v) is 5.51. The molecule has 0 spiro atoms. The van der Waals surface area contributed by atoms with Gasteiger partial charge in [0.05, 0.1) is 11.4 Å². The third kappa shape index (κ3) is 6.82. The quantitative estimate of drug-likeness (QED) is 0.472. The van der Waals surface area contributed by atoms with Gasteiger partial charge in [0.2, 0.25) is 10.0 Å². The zero-order valence-electron chi connectivity index (χ0n) is 15.9. The standard InChI is InChI=1S/C21H25N3O3S/c1-3-14-23-28(26,27)20-12-10-19(11-13-20)21(25)22-15-7-16-24(2)17-18-8-5-4-6-9-18/h1,4-6,8-13,23H,7,14-17H2,2H3,(H,22,25). The van der Waals surface area contributed by atoms with Crippen LogP contribution in [-0.2, 0) is 16.6 Å². The maximum Gasteiger partial charge on any atom is 0.251 e. The molecule has 0 aliphatic rings. The van der Waals surface area contributed by atoms with E-state index in [9.17, 15) is 13.2 Å². The average molecular weight is 400 g/mol. The van der Waals surface area contributed by atoms with Gasteiger partial charge < -0.3 is 10.2 Å². The number of sulfonamides is 1. The van der Waals surface area contributed by atoms with Gasteiger partial charge in [0, 0.05) is 18.7 Å². The summed E-state index contributed by atoms with van der Waals surface area (Å²) >= 11 is 0. The molecule has 2 N–H and O–H groups in total. The molecule has 0 unspecified atom stereocenters. The van der Waals surface area contributed by atoms with E-state index in [1.165, 1.54) is 29.8 Å². The number of rotatable bonds is 10. The third-order valence-electron chi connectivity index (χ3n) is 4.09. The highest BCUT2D eigenvalue weighted by atomic mass is 32.2. The average Bonchev–Trinajstić information content (AvgIpc) is 2.70. The minimum Gasteiger partial charge on any atom is -0.352 e. The predicted octanol–water partition coefficient (Wildman–Crippen LogP) is 1.85. The number of carbonyl (C=O) groups excluding carboxylic acids is 1. The predicted molar refractivity (Wildman–Crippen MR) is 110 cm³/mol. The number of hydrogen-bond donors (Lipinski definition) is 2. The van der Waals surface area contributed by atoms with E-state index < -0.39 is 10.0 Å². The maximum atomic E-state index is 12.2. The Morgan fingerprint density at radius 1 is 1.11 bits per heavy atom. The van der Waals surface area contributed by atoms with Crippen LogP contribution in [0.15, 0.2) is 59.5 Å². The van der Waals surface area contributed by atoms with Gasteiger partial charge >= 0.3 is 0 Å². The Balaban J connectivity index is 1.76. The van der Waals surface area contributed by atoms with Crippen molar-refractivity contribution in [2.75, 3.05) is 26.7 Å². The van der Waals surface area contributed by atoms with Crippen molar-refractivity contribution in [1.29, 1.82) is 0 Å². The fourth-order valence-electron chi connectivity index (χ4n) is 2.63. The Labute approximate surface area is 167 Å². The lowest BCUT2D eigenvalue weighted by Gasteiger charge is -2.16. The fraction of sp³-hybridized carbons (Fsp3) is 0.286. The molecule has 0 saturated heterocycles. The van der Waals surface area contributed by atoms with Gasteiger partial charge in [-0.25, -0.2) is 8.42 Å². The monoisotopic (exact) mass is 399 g/mol. The largest absolute Gasteiger partial charge is 0.352 e. The molecule has 0 radical (unpaired) electrons. The molecule has 148 valence electrons. The van der Waals surface area contributed by atoms with Crippen LogP contribution in [0.1, 0.15) is 22.3 Å². The highest BCUT2D eigenvalue weighted by Crippen LogP contribution is 2.10. The van der Waals surface area contributed by atoms with Crippen LogP contribution in [-0.4, -0.2) is 45.9 Å². The molecular formula is C21H25N3O3S. The van der Waals surface area contributed by atoms with Crippen molar-refractivity contribution in [1.82, 2.24) is 14.9 Å². The van der Waals surface area contributed by atoms with Gasteiger partial charge in [0.1, 0.15) is 0 Å².